The molecule has 0 radical (unpaired) electrons. The van der Waals surface area contributed by atoms with Gasteiger partial charge in [0.15, 0.2) is 0 Å². The maximum Gasteiger partial charge on any atom is -0.00266 e. The summed E-state index contributed by atoms with van der Waals surface area (Å²) >= 11 is 0. The largest absolute Gasteiger partial charge is 0.0622 e. The van der Waals surface area contributed by atoms with Gasteiger partial charge < -0.3 is 0 Å². The van der Waals surface area contributed by atoms with Crippen molar-refractivity contribution in [2.75, 3.05) is 0 Å². The second kappa shape index (κ2) is 11.8. The van der Waals surface area contributed by atoms with Gasteiger partial charge in [-0.1, -0.05) is 176 Å². The zero-order valence-corrected chi connectivity index (χ0v) is 26.5. The van der Waals surface area contributed by atoms with Gasteiger partial charge >= 0.3 is 0 Å². The van der Waals surface area contributed by atoms with Crippen molar-refractivity contribution >= 4 is 32.3 Å². The molecule has 9 aromatic carbocycles. The fraction of sp³-hybridized carbons (Fsp3) is 0. The molecule has 9 rings (SSSR count). The van der Waals surface area contributed by atoms with Crippen LogP contribution in [0.2, 0.25) is 0 Å². The van der Waals surface area contributed by atoms with Crippen molar-refractivity contribution in [3.8, 4) is 55.6 Å². The maximum atomic E-state index is 2.35. The highest BCUT2D eigenvalue weighted by atomic mass is 14.2. The topological polar surface area (TPSA) is 0 Å². The molecule has 0 saturated carbocycles. The van der Waals surface area contributed by atoms with Gasteiger partial charge in [-0.05, 0) is 106 Å². The van der Waals surface area contributed by atoms with Gasteiger partial charge in [-0.25, -0.2) is 0 Å². The first-order valence-corrected chi connectivity index (χ1v) is 16.6. The van der Waals surface area contributed by atoms with E-state index < -0.39 is 0 Å². The predicted molar refractivity (Wildman–Crippen MR) is 206 cm³/mol. The number of hydrogen-bond donors (Lipinski definition) is 0. The van der Waals surface area contributed by atoms with E-state index in [9.17, 15) is 0 Å². The van der Waals surface area contributed by atoms with Crippen molar-refractivity contribution in [2.24, 2.45) is 0 Å². The molecule has 0 heterocycles. The third-order valence-electron chi connectivity index (χ3n) is 9.64. The lowest BCUT2D eigenvalue weighted by Crippen LogP contribution is -1.93. The van der Waals surface area contributed by atoms with Crippen LogP contribution < -0.4 is 0 Å². The third-order valence-corrected chi connectivity index (χ3v) is 9.64. The summed E-state index contributed by atoms with van der Waals surface area (Å²) in [5, 5.41) is 7.52. The summed E-state index contributed by atoms with van der Waals surface area (Å²) in [6.45, 7) is 0. The number of hydrogen-bond acceptors (Lipinski definition) is 0. The lowest BCUT2D eigenvalue weighted by molar-refractivity contribution is 1.58. The van der Waals surface area contributed by atoms with Gasteiger partial charge in [0, 0.05) is 0 Å². The van der Waals surface area contributed by atoms with Crippen LogP contribution in [-0.2, 0) is 0 Å². The molecule has 0 N–H and O–H groups in total. The maximum absolute atomic E-state index is 2.35. The average Bonchev–Trinajstić information content (AvgIpc) is 3.17. The Kier molecular flexibility index (Phi) is 6.91. The Balaban J connectivity index is 1.29. The van der Waals surface area contributed by atoms with Crippen LogP contribution >= 0.6 is 0 Å². The number of rotatable bonds is 5. The highest BCUT2D eigenvalue weighted by Crippen LogP contribution is 2.45. The van der Waals surface area contributed by atoms with Crippen LogP contribution in [0.5, 0.6) is 0 Å². The highest BCUT2D eigenvalue weighted by molar-refractivity contribution is 6.13. The molecular weight excluding hydrogens is 577 g/mol. The molecule has 0 aliphatic carbocycles. The van der Waals surface area contributed by atoms with Crippen LogP contribution in [0.1, 0.15) is 0 Å². The van der Waals surface area contributed by atoms with Gasteiger partial charge in [0.1, 0.15) is 0 Å². The summed E-state index contributed by atoms with van der Waals surface area (Å²) in [6.07, 6.45) is 0. The first-order chi connectivity index (χ1) is 23.8. The van der Waals surface area contributed by atoms with Crippen molar-refractivity contribution in [3.63, 3.8) is 0 Å². The molecule has 48 heavy (non-hydrogen) atoms. The Morgan fingerprint density at radius 3 is 1.17 bits per heavy atom. The van der Waals surface area contributed by atoms with Crippen LogP contribution in [0, 0.1) is 0 Å². The Bertz CT molecular complexity index is 2590. The molecule has 224 valence electrons. The SMILES string of the molecule is c1ccc(-c2c(-c3cccc(-c4ccc5ccccc5c4)c3)ccc3c(-c4ccccc4)c(-c4ccc5ccccc5c4)ccc23)cc1. The monoisotopic (exact) mass is 608 g/mol. The second-order valence-corrected chi connectivity index (χ2v) is 12.5. The Labute approximate surface area is 281 Å². The molecule has 0 bridgehead atoms. The fourth-order valence-electron chi connectivity index (χ4n) is 7.31. The first kappa shape index (κ1) is 28.0. The van der Waals surface area contributed by atoms with Crippen molar-refractivity contribution in [1.29, 1.82) is 0 Å². The van der Waals surface area contributed by atoms with Crippen molar-refractivity contribution in [1.82, 2.24) is 0 Å². The smallest absolute Gasteiger partial charge is 0.00266 e. The molecule has 0 spiro atoms. The molecule has 0 aliphatic heterocycles. The summed E-state index contributed by atoms with van der Waals surface area (Å²) in [6, 6.07) is 70.8. The van der Waals surface area contributed by atoms with Crippen molar-refractivity contribution < 1.29 is 0 Å². The molecule has 0 aliphatic rings. The van der Waals surface area contributed by atoms with Crippen molar-refractivity contribution in [3.05, 3.63) is 194 Å². The minimum absolute atomic E-state index is 1.21. The van der Waals surface area contributed by atoms with Crippen LogP contribution in [0.3, 0.4) is 0 Å². The van der Waals surface area contributed by atoms with Crippen LogP contribution in [-0.4, -0.2) is 0 Å². The van der Waals surface area contributed by atoms with Gasteiger partial charge in [0.25, 0.3) is 0 Å². The zero-order valence-electron chi connectivity index (χ0n) is 26.5. The molecule has 9 aromatic rings. The lowest BCUT2D eigenvalue weighted by atomic mass is 9.84. The second-order valence-electron chi connectivity index (χ2n) is 12.5. The van der Waals surface area contributed by atoms with Gasteiger partial charge in [-0.2, -0.15) is 0 Å². The van der Waals surface area contributed by atoms with E-state index in [0.717, 1.165) is 0 Å². The first-order valence-electron chi connectivity index (χ1n) is 16.6. The minimum atomic E-state index is 1.21. The van der Waals surface area contributed by atoms with Crippen molar-refractivity contribution in [2.45, 2.75) is 0 Å². The van der Waals surface area contributed by atoms with E-state index in [2.05, 4.69) is 194 Å². The molecule has 0 unspecified atom stereocenters. The molecule has 0 heteroatoms. The molecule has 0 saturated heterocycles. The number of benzene rings is 9. The summed E-state index contributed by atoms with van der Waals surface area (Å²) < 4.78 is 0. The van der Waals surface area contributed by atoms with E-state index in [1.165, 1.54) is 88.0 Å². The third kappa shape index (κ3) is 4.96. The van der Waals surface area contributed by atoms with Crippen LogP contribution in [0.25, 0.3) is 88.0 Å². The molecule has 0 atom stereocenters. The van der Waals surface area contributed by atoms with Gasteiger partial charge in [-0.3, -0.25) is 0 Å². The summed E-state index contributed by atoms with van der Waals surface area (Å²) in [4.78, 5) is 0. The Morgan fingerprint density at radius 1 is 0.208 bits per heavy atom. The van der Waals surface area contributed by atoms with Gasteiger partial charge in [0.2, 0.25) is 0 Å². The van der Waals surface area contributed by atoms with E-state index in [1.54, 1.807) is 0 Å². The van der Waals surface area contributed by atoms with E-state index in [-0.39, 0.29) is 0 Å². The molecule has 0 nitrogen and oxygen atoms in total. The van der Waals surface area contributed by atoms with E-state index >= 15 is 0 Å². The summed E-state index contributed by atoms with van der Waals surface area (Å²) in [5.74, 6) is 0. The van der Waals surface area contributed by atoms with Gasteiger partial charge in [-0.15, -0.1) is 0 Å². The quantitative estimate of drug-likeness (QED) is 0.182. The molecular formula is C48H32. The van der Waals surface area contributed by atoms with E-state index in [4.69, 9.17) is 0 Å². The van der Waals surface area contributed by atoms with Crippen LogP contribution in [0.15, 0.2) is 194 Å². The van der Waals surface area contributed by atoms with Crippen LogP contribution in [0.4, 0.5) is 0 Å². The normalized spacial score (nSPS) is 11.3. The fourth-order valence-corrected chi connectivity index (χ4v) is 7.31. The standard InChI is InChI=1S/C48H32/c1-3-14-35(15-4-1)47-43(41-21-11-20-39(32-41)40-24-22-33-12-7-9-18-37(33)30-40)26-28-46-45(47)29-27-44(48(46)36-16-5-2-6-17-36)42-25-23-34-13-8-10-19-38(34)31-42/h1-32H. The van der Waals surface area contributed by atoms with Gasteiger partial charge in [0.05, 0.1) is 0 Å². The molecule has 0 amide bonds. The Morgan fingerprint density at radius 2 is 0.604 bits per heavy atom. The molecule has 0 aromatic heterocycles. The molecule has 0 fully saturated rings. The van der Waals surface area contributed by atoms with E-state index in [1.807, 2.05) is 0 Å². The van der Waals surface area contributed by atoms with E-state index in [0.29, 0.717) is 0 Å². The summed E-state index contributed by atoms with van der Waals surface area (Å²) in [7, 11) is 0. The summed E-state index contributed by atoms with van der Waals surface area (Å²) in [5.41, 5.74) is 12.3. The number of fused-ring (bicyclic) bond motifs is 3. The highest BCUT2D eigenvalue weighted by Gasteiger charge is 2.18. The lowest BCUT2D eigenvalue weighted by Gasteiger charge is -2.20. The average molecular weight is 609 g/mol. The predicted octanol–water partition coefficient (Wildman–Crippen LogP) is 13.5. The Hall–Kier alpha value is -6.24. The minimum Gasteiger partial charge on any atom is -0.0622 e. The zero-order chi connectivity index (χ0) is 31.9.